The van der Waals surface area contributed by atoms with Gasteiger partial charge in [0.05, 0.1) is 5.30 Å². The Hall–Kier alpha value is -1.14. The summed E-state index contributed by atoms with van der Waals surface area (Å²) in [7, 11) is 4.65. The SMILES string of the molecule is [B][P+](C)(c1ccccc1)c1ccccn1. The minimum Gasteiger partial charge on any atom is -0.223 e. The van der Waals surface area contributed by atoms with Crippen molar-refractivity contribution in [1.82, 2.24) is 4.98 Å². The molecule has 1 aromatic heterocycles. The number of rotatable bonds is 2. The molecule has 1 aromatic carbocycles. The molecule has 0 aliphatic carbocycles. The highest BCUT2D eigenvalue weighted by Crippen LogP contribution is 2.45. The van der Waals surface area contributed by atoms with Gasteiger partial charge in [-0.1, -0.05) is 24.3 Å². The lowest BCUT2D eigenvalue weighted by molar-refractivity contribution is 1.39. The van der Waals surface area contributed by atoms with Crippen molar-refractivity contribution in [2.45, 2.75) is 0 Å². The normalized spacial score (nSPS) is 14.5. The predicted octanol–water partition coefficient (Wildman–Crippen LogP) is 1.76. The minimum absolute atomic E-state index is 0.996. The van der Waals surface area contributed by atoms with E-state index in [2.05, 4.69) is 23.8 Å². The van der Waals surface area contributed by atoms with Crippen LogP contribution in [0, 0.1) is 0 Å². The largest absolute Gasteiger partial charge is 0.378 e. The maximum Gasteiger partial charge on any atom is 0.378 e. The van der Waals surface area contributed by atoms with Crippen LogP contribution >= 0.6 is 7.14 Å². The van der Waals surface area contributed by atoms with Crippen LogP contribution in [0.5, 0.6) is 0 Å². The summed E-state index contributed by atoms with van der Waals surface area (Å²) in [5.41, 5.74) is 0.996. The summed E-state index contributed by atoms with van der Waals surface area (Å²) in [6.07, 6.45) is 1.80. The van der Waals surface area contributed by atoms with Crippen LogP contribution in [0.3, 0.4) is 0 Å². The van der Waals surface area contributed by atoms with Gasteiger partial charge in [0.2, 0.25) is 0 Å². The summed E-state index contributed by atoms with van der Waals surface area (Å²) in [4.78, 5) is 4.35. The second kappa shape index (κ2) is 4.16. The summed E-state index contributed by atoms with van der Waals surface area (Å²) in [5, 5.41) is 1.18. The highest BCUT2D eigenvalue weighted by molar-refractivity contribution is 8.07. The van der Waals surface area contributed by atoms with Gasteiger partial charge in [0.1, 0.15) is 0 Å². The average molecular weight is 212 g/mol. The molecule has 72 valence electrons. The first-order chi connectivity index (χ1) is 7.21. The van der Waals surface area contributed by atoms with Crippen LogP contribution in [-0.4, -0.2) is 19.2 Å². The highest BCUT2D eigenvalue weighted by Gasteiger charge is 2.32. The van der Waals surface area contributed by atoms with E-state index in [0.29, 0.717) is 0 Å². The van der Waals surface area contributed by atoms with Crippen molar-refractivity contribution in [1.29, 1.82) is 0 Å². The van der Waals surface area contributed by atoms with E-state index in [9.17, 15) is 0 Å². The molecule has 0 saturated heterocycles. The van der Waals surface area contributed by atoms with Crippen LogP contribution in [0.2, 0.25) is 0 Å². The second-order valence-corrected chi connectivity index (χ2v) is 6.72. The van der Waals surface area contributed by atoms with E-state index in [-0.39, 0.29) is 0 Å². The van der Waals surface area contributed by atoms with E-state index >= 15 is 0 Å². The van der Waals surface area contributed by atoms with Gasteiger partial charge >= 0.3 is 7.57 Å². The zero-order valence-electron chi connectivity index (χ0n) is 8.67. The zero-order valence-corrected chi connectivity index (χ0v) is 9.56. The van der Waals surface area contributed by atoms with Crippen molar-refractivity contribution < 1.29 is 0 Å². The maximum absolute atomic E-state index is 6.41. The van der Waals surface area contributed by atoms with Gasteiger partial charge in [-0.2, -0.15) is 0 Å². The van der Waals surface area contributed by atoms with Gasteiger partial charge in [-0.05, 0) is 24.3 Å². The lowest BCUT2D eigenvalue weighted by Crippen LogP contribution is -2.23. The number of benzene rings is 1. The van der Waals surface area contributed by atoms with Crippen LogP contribution < -0.4 is 10.7 Å². The number of hydrogen-bond donors (Lipinski definition) is 0. The van der Waals surface area contributed by atoms with Crippen LogP contribution in [0.4, 0.5) is 0 Å². The first-order valence-electron chi connectivity index (χ1n) is 4.83. The summed E-state index contributed by atoms with van der Waals surface area (Å²) in [6, 6.07) is 16.1. The lowest BCUT2D eigenvalue weighted by Gasteiger charge is -2.16. The van der Waals surface area contributed by atoms with Gasteiger partial charge in [0.15, 0.2) is 5.44 Å². The first kappa shape index (κ1) is 10.4. The van der Waals surface area contributed by atoms with Crippen molar-refractivity contribution in [3.63, 3.8) is 0 Å². The van der Waals surface area contributed by atoms with E-state index in [1.165, 1.54) is 5.30 Å². The van der Waals surface area contributed by atoms with Crippen molar-refractivity contribution in [2.75, 3.05) is 6.66 Å². The van der Waals surface area contributed by atoms with Crippen LogP contribution in [0.25, 0.3) is 0 Å². The smallest absolute Gasteiger partial charge is 0.223 e. The standard InChI is InChI=1S/C12H12BNP/c1-15(13,11-7-3-2-4-8-11)12-9-5-6-10-14-12/h2-10H,1H3/q+1. The molecule has 2 aromatic rings. The predicted molar refractivity (Wildman–Crippen MR) is 68.5 cm³/mol. The molecule has 0 bridgehead atoms. The maximum atomic E-state index is 6.41. The minimum atomic E-state index is -1.76. The molecule has 0 aliphatic heterocycles. The van der Waals surface area contributed by atoms with E-state index in [1.807, 2.05) is 36.4 Å². The molecular weight excluding hydrogens is 200 g/mol. The monoisotopic (exact) mass is 212 g/mol. The molecule has 0 saturated carbocycles. The van der Waals surface area contributed by atoms with Crippen LogP contribution in [-0.2, 0) is 0 Å². The van der Waals surface area contributed by atoms with E-state index in [1.54, 1.807) is 6.20 Å². The molecule has 15 heavy (non-hydrogen) atoms. The van der Waals surface area contributed by atoms with Crippen LogP contribution in [0.1, 0.15) is 0 Å². The van der Waals surface area contributed by atoms with Crippen molar-refractivity contribution >= 4 is 25.4 Å². The number of nitrogens with zero attached hydrogens (tertiary/aromatic N) is 1. The Morgan fingerprint density at radius 2 is 1.67 bits per heavy atom. The molecule has 1 unspecified atom stereocenters. The van der Waals surface area contributed by atoms with Gasteiger partial charge in [-0.15, -0.1) is 0 Å². The quantitative estimate of drug-likeness (QED) is 0.546. The fourth-order valence-corrected chi connectivity index (χ4v) is 3.26. The molecule has 0 aliphatic rings. The highest BCUT2D eigenvalue weighted by atomic mass is 31.2. The Balaban J connectivity index is 2.44. The Morgan fingerprint density at radius 3 is 2.27 bits per heavy atom. The number of aromatic nitrogens is 1. The van der Waals surface area contributed by atoms with Crippen molar-refractivity contribution in [3.05, 3.63) is 54.7 Å². The third-order valence-corrected chi connectivity index (χ3v) is 5.01. The van der Waals surface area contributed by atoms with Gasteiger partial charge in [-0.3, -0.25) is 0 Å². The lowest BCUT2D eigenvalue weighted by atomic mass is 10.4. The van der Waals surface area contributed by atoms with Gasteiger partial charge < -0.3 is 0 Å². The van der Waals surface area contributed by atoms with E-state index in [4.69, 9.17) is 7.57 Å². The fourth-order valence-electron chi connectivity index (χ4n) is 1.50. The van der Waals surface area contributed by atoms with Gasteiger partial charge in [0, 0.05) is 20.0 Å². The molecular formula is C12H12BNP+. The Kier molecular flexibility index (Phi) is 2.88. The molecule has 2 rings (SSSR count). The van der Waals surface area contributed by atoms with Crippen LogP contribution in [0.15, 0.2) is 54.7 Å². The summed E-state index contributed by atoms with van der Waals surface area (Å²) < 4.78 is 0. The third kappa shape index (κ3) is 2.10. The summed E-state index contributed by atoms with van der Waals surface area (Å²) >= 11 is 0. The van der Waals surface area contributed by atoms with Crippen molar-refractivity contribution in [3.8, 4) is 0 Å². The van der Waals surface area contributed by atoms with E-state index < -0.39 is 7.14 Å². The molecule has 0 amide bonds. The average Bonchev–Trinajstić information content (AvgIpc) is 2.31. The van der Waals surface area contributed by atoms with Gasteiger partial charge in [-0.25, -0.2) is 4.98 Å². The Labute approximate surface area is 92.3 Å². The summed E-state index contributed by atoms with van der Waals surface area (Å²) in [5.74, 6) is 0. The number of pyridine rings is 1. The third-order valence-electron chi connectivity index (χ3n) is 2.42. The number of hydrogen-bond acceptors (Lipinski definition) is 1. The molecule has 1 heterocycles. The fraction of sp³-hybridized carbons (Fsp3) is 0.0833. The molecule has 2 radical (unpaired) electrons. The topological polar surface area (TPSA) is 12.9 Å². The Morgan fingerprint density at radius 1 is 1.00 bits per heavy atom. The zero-order chi connectivity index (χ0) is 10.7. The molecule has 1 nitrogen and oxygen atoms in total. The van der Waals surface area contributed by atoms with Gasteiger partial charge in [0.25, 0.3) is 0 Å². The van der Waals surface area contributed by atoms with Crippen molar-refractivity contribution in [2.24, 2.45) is 0 Å². The molecule has 0 spiro atoms. The van der Waals surface area contributed by atoms with E-state index in [0.717, 1.165) is 5.44 Å². The second-order valence-electron chi connectivity index (χ2n) is 3.60. The first-order valence-corrected chi connectivity index (χ1v) is 7.14. The summed E-state index contributed by atoms with van der Waals surface area (Å²) in [6.45, 7) is 2.09. The molecule has 0 fully saturated rings. The Bertz CT molecular complexity index is 386. The molecule has 1 atom stereocenters. The molecule has 3 heteroatoms. The molecule has 0 N–H and O–H groups in total.